The smallest absolute Gasteiger partial charge is 0.235 e. The van der Waals surface area contributed by atoms with E-state index in [0.29, 0.717) is 16.5 Å². The number of anilines is 1. The van der Waals surface area contributed by atoms with Gasteiger partial charge in [-0.25, -0.2) is 0 Å². The molecule has 0 heterocycles. The Bertz CT molecular complexity index is 800. The number of amides is 1. The quantitative estimate of drug-likeness (QED) is 0.839. The lowest BCUT2D eigenvalue weighted by Crippen LogP contribution is -2.46. The lowest BCUT2D eigenvalue weighted by molar-refractivity contribution is -0.124. The van der Waals surface area contributed by atoms with Crippen molar-refractivity contribution in [3.8, 4) is 11.5 Å². The van der Waals surface area contributed by atoms with Crippen LogP contribution in [0.15, 0.2) is 36.4 Å². The predicted molar refractivity (Wildman–Crippen MR) is 99.9 cm³/mol. The monoisotopic (exact) mass is 359 g/mol. The number of benzene rings is 2. The van der Waals surface area contributed by atoms with E-state index in [4.69, 9.17) is 21.1 Å². The Morgan fingerprint density at radius 1 is 1.12 bits per heavy atom. The third-order valence-corrected chi connectivity index (χ3v) is 5.23. The molecule has 4 nitrogen and oxygen atoms in total. The van der Waals surface area contributed by atoms with Crippen LogP contribution in [0.25, 0.3) is 0 Å². The molecule has 1 N–H and O–H groups in total. The van der Waals surface area contributed by atoms with E-state index in [0.717, 1.165) is 36.1 Å². The number of hydrogen-bond donors (Lipinski definition) is 1. The fourth-order valence-corrected chi connectivity index (χ4v) is 3.51. The molecule has 1 aliphatic carbocycles. The van der Waals surface area contributed by atoms with Crippen LogP contribution in [0, 0.1) is 6.92 Å². The zero-order chi connectivity index (χ0) is 18.0. The van der Waals surface area contributed by atoms with E-state index in [1.54, 1.807) is 20.3 Å². The van der Waals surface area contributed by atoms with Gasteiger partial charge >= 0.3 is 0 Å². The molecule has 132 valence electrons. The second kappa shape index (κ2) is 6.96. The molecule has 1 amide bonds. The molecule has 25 heavy (non-hydrogen) atoms. The first kappa shape index (κ1) is 17.6. The summed E-state index contributed by atoms with van der Waals surface area (Å²) in [6.45, 7) is 1.93. The molecular formula is C20H22ClNO3. The van der Waals surface area contributed by atoms with Crippen molar-refractivity contribution in [2.75, 3.05) is 19.5 Å². The van der Waals surface area contributed by atoms with Crippen molar-refractivity contribution in [3.63, 3.8) is 0 Å². The Hall–Kier alpha value is -2.20. The van der Waals surface area contributed by atoms with Gasteiger partial charge in [0, 0.05) is 16.8 Å². The van der Waals surface area contributed by atoms with Crippen molar-refractivity contribution in [2.24, 2.45) is 0 Å². The van der Waals surface area contributed by atoms with Gasteiger partial charge in [0.25, 0.3) is 0 Å². The van der Waals surface area contributed by atoms with Gasteiger partial charge in [0.1, 0.15) is 0 Å². The Labute approximate surface area is 153 Å². The number of halogens is 1. The van der Waals surface area contributed by atoms with Gasteiger partial charge in [0.2, 0.25) is 5.91 Å². The highest BCUT2D eigenvalue weighted by atomic mass is 35.5. The maximum Gasteiger partial charge on any atom is 0.235 e. The molecule has 2 aromatic carbocycles. The largest absolute Gasteiger partial charge is 0.493 e. The van der Waals surface area contributed by atoms with Crippen LogP contribution in [-0.2, 0) is 10.2 Å². The van der Waals surface area contributed by atoms with Gasteiger partial charge in [-0.15, -0.1) is 0 Å². The van der Waals surface area contributed by atoms with Crippen LogP contribution in [0.4, 0.5) is 5.69 Å². The predicted octanol–water partition coefficient (Wildman–Crippen LogP) is 4.73. The van der Waals surface area contributed by atoms with Gasteiger partial charge in [0.15, 0.2) is 11.5 Å². The minimum absolute atomic E-state index is 0.00339. The first-order chi connectivity index (χ1) is 12.0. The van der Waals surface area contributed by atoms with Crippen molar-refractivity contribution in [3.05, 3.63) is 52.5 Å². The van der Waals surface area contributed by atoms with Crippen molar-refractivity contribution in [1.29, 1.82) is 0 Å². The molecule has 0 saturated heterocycles. The highest BCUT2D eigenvalue weighted by Crippen LogP contribution is 2.45. The number of methoxy groups -OCH3 is 2. The number of carbonyl (C=O) groups excluding carboxylic acids is 1. The molecule has 2 aromatic rings. The lowest BCUT2D eigenvalue weighted by atomic mass is 9.63. The second-order valence-corrected chi connectivity index (χ2v) is 6.86. The highest BCUT2D eigenvalue weighted by molar-refractivity contribution is 6.30. The normalized spacial score (nSPS) is 15.2. The Morgan fingerprint density at radius 3 is 2.36 bits per heavy atom. The average Bonchev–Trinajstić information content (AvgIpc) is 2.55. The van der Waals surface area contributed by atoms with Crippen LogP contribution in [0.3, 0.4) is 0 Å². The topological polar surface area (TPSA) is 47.6 Å². The van der Waals surface area contributed by atoms with Gasteiger partial charge in [-0.05, 0) is 49.1 Å². The minimum atomic E-state index is -0.509. The number of hydrogen-bond acceptors (Lipinski definition) is 3. The lowest BCUT2D eigenvalue weighted by Gasteiger charge is -2.41. The molecule has 5 heteroatoms. The first-order valence-corrected chi connectivity index (χ1v) is 8.68. The van der Waals surface area contributed by atoms with Crippen LogP contribution in [0.5, 0.6) is 11.5 Å². The number of ether oxygens (including phenoxy) is 2. The molecule has 1 aliphatic rings. The summed E-state index contributed by atoms with van der Waals surface area (Å²) in [5.74, 6) is 1.23. The number of rotatable bonds is 5. The molecule has 1 saturated carbocycles. The Balaban J connectivity index is 1.91. The summed E-state index contributed by atoms with van der Waals surface area (Å²) >= 11 is 6.13. The van der Waals surface area contributed by atoms with Crippen LogP contribution < -0.4 is 14.8 Å². The SMILES string of the molecule is COc1cc(C)c(NC(=O)C2(c3cccc(Cl)c3)CCC2)cc1OC. The van der Waals surface area contributed by atoms with E-state index in [2.05, 4.69) is 5.32 Å². The van der Waals surface area contributed by atoms with Gasteiger partial charge in [-0.2, -0.15) is 0 Å². The van der Waals surface area contributed by atoms with Crippen molar-refractivity contribution in [1.82, 2.24) is 0 Å². The number of carbonyl (C=O) groups is 1. The molecule has 0 bridgehead atoms. The van der Waals surface area contributed by atoms with Crippen LogP contribution in [-0.4, -0.2) is 20.1 Å². The third kappa shape index (κ3) is 3.19. The van der Waals surface area contributed by atoms with Crippen LogP contribution in [0.1, 0.15) is 30.4 Å². The van der Waals surface area contributed by atoms with E-state index in [9.17, 15) is 4.79 Å². The highest BCUT2D eigenvalue weighted by Gasteiger charge is 2.45. The summed E-state index contributed by atoms with van der Waals surface area (Å²) in [6, 6.07) is 11.3. The molecule has 0 aliphatic heterocycles. The van der Waals surface area contributed by atoms with E-state index < -0.39 is 5.41 Å². The van der Waals surface area contributed by atoms with Crippen LogP contribution in [0.2, 0.25) is 5.02 Å². The van der Waals surface area contributed by atoms with E-state index in [1.165, 1.54) is 0 Å². The van der Waals surface area contributed by atoms with Crippen molar-refractivity contribution >= 4 is 23.2 Å². The minimum Gasteiger partial charge on any atom is -0.493 e. The molecule has 3 rings (SSSR count). The maximum atomic E-state index is 13.1. The van der Waals surface area contributed by atoms with E-state index in [1.807, 2.05) is 37.3 Å². The fraction of sp³-hybridized carbons (Fsp3) is 0.350. The summed E-state index contributed by atoms with van der Waals surface area (Å²) in [6.07, 6.45) is 2.68. The summed E-state index contributed by atoms with van der Waals surface area (Å²) in [7, 11) is 3.18. The molecule has 0 unspecified atom stereocenters. The average molecular weight is 360 g/mol. The zero-order valence-corrected chi connectivity index (χ0v) is 15.4. The molecule has 0 atom stereocenters. The summed E-state index contributed by atoms with van der Waals surface area (Å²) in [4.78, 5) is 13.1. The zero-order valence-electron chi connectivity index (χ0n) is 14.7. The summed E-state index contributed by atoms with van der Waals surface area (Å²) in [5, 5.41) is 3.73. The summed E-state index contributed by atoms with van der Waals surface area (Å²) in [5.41, 5.74) is 2.12. The van der Waals surface area contributed by atoms with Crippen molar-refractivity contribution < 1.29 is 14.3 Å². The van der Waals surface area contributed by atoms with Crippen molar-refractivity contribution in [2.45, 2.75) is 31.6 Å². The standard InChI is InChI=1S/C20H22ClNO3/c1-13-10-17(24-2)18(25-3)12-16(13)22-19(23)20(8-5-9-20)14-6-4-7-15(21)11-14/h4,6-7,10-12H,5,8-9H2,1-3H3,(H,22,23). The van der Waals surface area contributed by atoms with E-state index >= 15 is 0 Å². The fourth-order valence-electron chi connectivity index (χ4n) is 3.32. The van der Waals surface area contributed by atoms with Gasteiger partial charge in [-0.1, -0.05) is 30.2 Å². The molecule has 1 fully saturated rings. The third-order valence-electron chi connectivity index (χ3n) is 5.00. The Kier molecular flexibility index (Phi) is 4.91. The number of aryl methyl sites for hydroxylation is 1. The van der Waals surface area contributed by atoms with Gasteiger partial charge < -0.3 is 14.8 Å². The maximum absolute atomic E-state index is 13.1. The van der Waals surface area contributed by atoms with Gasteiger partial charge in [-0.3, -0.25) is 4.79 Å². The van der Waals surface area contributed by atoms with Gasteiger partial charge in [0.05, 0.1) is 19.6 Å². The molecule has 0 radical (unpaired) electrons. The van der Waals surface area contributed by atoms with Crippen LogP contribution >= 0.6 is 11.6 Å². The molecular weight excluding hydrogens is 338 g/mol. The summed E-state index contributed by atoms with van der Waals surface area (Å²) < 4.78 is 10.7. The number of nitrogens with one attached hydrogen (secondary N) is 1. The molecule has 0 aromatic heterocycles. The second-order valence-electron chi connectivity index (χ2n) is 6.42. The first-order valence-electron chi connectivity index (χ1n) is 8.30. The molecule has 0 spiro atoms. The Morgan fingerprint density at radius 2 is 1.80 bits per heavy atom. The van der Waals surface area contributed by atoms with E-state index in [-0.39, 0.29) is 5.91 Å².